The maximum atomic E-state index is 10.9. The normalized spacial score (nSPS) is 44.8. The smallest absolute Gasteiger partial charge is 0.328 e. The van der Waals surface area contributed by atoms with Gasteiger partial charge < -0.3 is 5.11 Å². The molecule has 1 N–H and O–H groups in total. The highest BCUT2D eigenvalue weighted by Gasteiger charge is 2.57. The van der Waals surface area contributed by atoms with Crippen molar-refractivity contribution < 1.29 is 9.90 Å². The summed E-state index contributed by atoms with van der Waals surface area (Å²) in [7, 11) is 0. The molecule has 0 aliphatic heterocycles. The fourth-order valence-corrected chi connectivity index (χ4v) is 7.62. The van der Waals surface area contributed by atoms with E-state index in [1.54, 1.807) is 6.08 Å². The highest BCUT2D eigenvalue weighted by Crippen LogP contribution is 2.66. The van der Waals surface area contributed by atoms with Crippen molar-refractivity contribution in [1.82, 2.24) is 0 Å². The van der Waals surface area contributed by atoms with Gasteiger partial charge in [-0.1, -0.05) is 39.3 Å². The number of hydrogen-bond acceptors (Lipinski definition) is 1. The lowest BCUT2D eigenvalue weighted by Gasteiger charge is -2.60. The molecule has 0 bridgehead atoms. The summed E-state index contributed by atoms with van der Waals surface area (Å²) in [6, 6.07) is 0. The van der Waals surface area contributed by atoms with Crippen molar-refractivity contribution in [2.75, 3.05) is 0 Å². The molecule has 4 rings (SSSR count). The van der Waals surface area contributed by atoms with Gasteiger partial charge in [0, 0.05) is 6.08 Å². The minimum Gasteiger partial charge on any atom is -0.478 e. The Morgan fingerprint density at radius 1 is 1.12 bits per heavy atom. The van der Waals surface area contributed by atoms with E-state index in [1.165, 1.54) is 63.0 Å². The Morgan fingerprint density at radius 2 is 1.92 bits per heavy atom. The number of aliphatic carboxylic acids is 1. The summed E-state index contributed by atoms with van der Waals surface area (Å²) in [4.78, 5) is 10.9. The van der Waals surface area contributed by atoms with Gasteiger partial charge >= 0.3 is 5.97 Å². The first kappa shape index (κ1) is 18.1. The average Bonchev–Trinajstić information content (AvgIpc) is 2.96. The Kier molecular flexibility index (Phi) is 4.44. The lowest BCUT2D eigenvalue weighted by molar-refractivity contribution is -0.131. The maximum absolute atomic E-state index is 10.9. The van der Waals surface area contributed by atoms with Crippen molar-refractivity contribution in [2.45, 2.75) is 71.6 Å². The standard InChI is InChI=1S/C24H34O2/c1-16(7-12-22(25)26)19-10-11-20-18-9-8-17-6-4-5-14-23(17,2)21(18)13-15-24(19,20)3/h7,10,12,17-18,20-21H,1,4-6,8-9,11,13-15H2,2-3H3,(H,25,26)/t17?,18-,20-,21-,23-,24+/m0/s1. The monoisotopic (exact) mass is 354 g/mol. The largest absolute Gasteiger partial charge is 0.478 e. The van der Waals surface area contributed by atoms with E-state index in [9.17, 15) is 4.79 Å². The van der Waals surface area contributed by atoms with Crippen molar-refractivity contribution in [1.29, 1.82) is 0 Å². The number of allylic oxidation sites excluding steroid dienone is 4. The Labute approximate surface area is 158 Å². The zero-order chi connectivity index (χ0) is 18.5. The molecule has 2 heteroatoms. The summed E-state index contributed by atoms with van der Waals surface area (Å²) in [6.07, 6.45) is 17.7. The second kappa shape index (κ2) is 6.39. The lowest BCUT2D eigenvalue weighted by Crippen LogP contribution is -2.52. The number of hydrogen-bond donors (Lipinski definition) is 1. The predicted octanol–water partition coefficient (Wildman–Crippen LogP) is 6.15. The van der Waals surface area contributed by atoms with E-state index in [0.29, 0.717) is 5.41 Å². The van der Waals surface area contributed by atoms with Crippen LogP contribution >= 0.6 is 0 Å². The van der Waals surface area contributed by atoms with Crippen LogP contribution in [-0.4, -0.2) is 11.1 Å². The molecule has 0 aromatic carbocycles. The Morgan fingerprint density at radius 3 is 2.69 bits per heavy atom. The van der Waals surface area contributed by atoms with Gasteiger partial charge in [-0.05, 0) is 96.7 Å². The fourth-order valence-electron chi connectivity index (χ4n) is 7.62. The highest BCUT2D eigenvalue weighted by atomic mass is 16.4. The van der Waals surface area contributed by atoms with Crippen LogP contribution in [0.3, 0.4) is 0 Å². The summed E-state index contributed by atoms with van der Waals surface area (Å²) in [5.41, 5.74) is 3.01. The van der Waals surface area contributed by atoms with Crippen LogP contribution in [0.1, 0.15) is 71.6 Å². The third kappa shape index (κ3) is 2.63. The molecule has 6 atom stereocenters. The Hall–Kier alpha value is -1.31. The van der Waals surface area contributed by atoms with Crippen LogP contribution in [0.4, 0.5) is 0 Å². The summed E-state index contributed by atoms with van der Waals surface area (Å²) in [6.45, 7) is 9.26. The van der Waals surface area contributed by atoms with Gasteiger partial charge in [0.2, 0.25) is 0 Å². The van der Waals surface area contributed by atoms with Crippen LogP contribution in [-0.2, 0) is 4.79 Å². The van der Waals surface area contributed by atoms with Crippen LogP contribution in [0.15, 0.2) is 36.0 Å². The molecule has 0 aromatic heterocycles. The van der Waals surface area contributed by atoms with Crippen molar-refractivity contribution in [3.05, 3.63) is 36.0 Å². The van der Waals surface area contributed by atoms with E-state index in [2.05, 4.69) is 26.5 Å². The van der Waals surface area contributed by atoms with E-state index in [1.807, 2.05) is 0 Å². The molecule has 4 aliphatic carbocycles. The minimum atomic E-state index is -0.890. The Bertz CT molecular complexity index is 672. The van der Waals surface area contributed by atoms with Gasteiger partial charge in [-0.2, -0.15) is 0 Å². The number of carbonyl (C=O) groups is 1. The first-order valence-electron chi connectivity index (χ1n) is 10.7. The molecular formula is C24H34O2. The van der Waals surface area contributed by atoms with Crippen molar-refractivity contribution in [2.24, 2.45) is 34.5 Å². The second-order valence-corrected chi connectivity index (χ2v) is 9.91. The zero-order valence-corrected chi connectivity index (χ0v) is 16.5. The molecule has 142 valence electrons. The zero-order valence-electron chi connectivity index (χ0n) is 16.5. The highest BCUT2D eigenvalue weighted by molar-refractivity contribution is 5.80. The van der Waals surface area contributed by atoms with Gasteiger partial charge in [-0.3, -0.25) is 0 Å². The molecular weight excluding hydrogens is 320 g/mol. The molecule has 0 spiro atoms. The SMILES string of the molecule is C=C(C=CC(=O)O)C1=CC[C@H]2[C@@H]3CCC4CCCC[C@]4(C)[C@H]3CC[C@]12C. The number of rotatable bonds is 3. The van der Waals surface area contributed by atoms with E-state index < -0.39 is 5.97 Å². The number of carboxylic acid groups (broad SMARTS) is 1. The first-order chi connectivity index (χ1) is 12.4. The molecule has 0 heterocycles. The van der Waals surface area contributed by atoms with Crippen molar-refractivity contribution >= 4 is 5.97 Å². The lowest BCUT2D eigenvalue weighted by atomic mass is 9.45. The molecule has 26 heavy (non-hydrogen) atoms. The van der Waals surface area contributed by atoms with Crippen molar-refractivity contribution in [3.8, 4) is 0 Å². The fraction of sp³-hybridized carbons (Fsp3) is 0.708. The molecule has 0 saturated heterocycles. The quantitative estimate of drug-likeness (QED) is 0.487. The van der Waals surface area contributed by atoms with Gasteiger partial charge in [0.15, 0.2) is 0 Å². The second-order valence-electron chi connectivity index (χ2n) is 9.91. The van der Waals surface area contributed by atoms with Crippen LogP contribution < -0.4 is 0 Å². The minimum absolute atomic E-state index is 0.193. The first-order valence-corrected chi connectivity index (χ1v) is 10.7. The van der Waals surface area contributed by atoms with E-state index in [4.69, 9.17) is 5.11 Å². The number of carboxylic acids is 1. The topological polar surface area (TPSA) is 37.3 Å². The third-order valence-corrected chi connectivity index (χ3v) is 8.94. The summed E-state index contributed by atoms with van der Waals surface area (Å²) in [5.74, 6) is 2.54. The summed E-state index contributed by atoms with van der Waals surface area (Å²) >= 11 is 0. The predicted molar refractivity (Wildman–Crippen MR) is 106 cm³/mol. The molecule has 1 unspecified atom stereocenters. The van der Waals surface area contributed by atoms with Crippen molar-refractivity contribution in [3.63, 3.8) is 0 Å². The summed E-state index contributed by atoms with van der Waals surface area (Å²) in [5, 5.41) is 8.95. The third-order valence-electron chi connectivity index (χ3n) is 8.94. The van der Waals surface area contributed by atoms with Crippen LogP contribution in [0.2, 0.25) is 0 Å². The van der Waals surface area contributed by atoms with Crippen LogP contribution in [0.25, 0.3) is 0 Å². The van der Waals surface area contributed by atoms with Gasteiger partial charge in [0.25, 0.3) is 0 Å². The van der Waals surface area contributed by atoms with Gasteiger partial charge in [-0.25, -0.2) is 4.79 Å². The van der Waals surface area contributed by atoms with Gasteiger partial charge in [0.05, 0.1) is 0 Å². The van der Waals surface area contributed by atoms with Gasteiger partial charge in [-0.15, -0.1) is 0 Å². The van der Waals surface area contributed by atoms with E-state index in [-0.39, 0.29) is 5.41 Å². The van der Waals surface area contributed by atoms with Gasteiger partial charge in [0.1, 0.15) is 0 Å². The van der Waals surface area contributed by atoms with E-state index in [0.717, 1.165) is 35.7 Å². The average molecular weight is 355 g/mol. The molecule has 3 saturated carbocycles. The molecule has 3 fully saturated rings. The molecule has 0 radical (unpaired) electrons. The molecule has 4 aliphatic rings. The Balaban J connectivity index is 1.57. The number of fused-ring (bicyclic) bond motifs is 5. The molecule has 2 nitrogen and oxygen atoms in total. The maximum Gasteiger partial charge on any atom is 0.328 e. The van der Waals surface area contributed by atoms with Crippen LogP contribution in [0.5, 0.6) is 0 Å². The molecule has 0 aromatic rings. The summed E-state index contributed by atoms with van der Waals surface area (Å²) < 4.78 is 0. The van der Waals surface area contributed by atoms with Crippen LogP contribution in [0, 0.1) is 34.5 Å². The molecule has 0 amide bonds. The van der Waals surface area contributed by atoms with E-state index >= 15 is 0 Å².